The number of hydrogen-bond donors (Lipinski definition) is 3. The maximum Gasteiger partial charge on any atom is 0.293 e. The Bertz CT molecular complexity index is 731. The minimum atomic E-state index is -0.399. The van der Waals surface area contributed by atoms with Gasteiger partial charge in [-0.15, -0.1) is 0 Å². The molecule has 1 fully saturated rings. The van der Waals surface area contributed by atoms with Crippen molar-refractivity contribution in [3.05, 3.63) is 59.8 Å². The molecule has 2 heterocycles. The Morgan fingerprint density at radius 2 is 1.96 bits per heavy atom. The summed E-state index contributed by atoms with van der Waals surface area (Å²) in [6.07, 6.45) is 1.43. The van der Waals surface area contributed by atoms with Crippen LogP contribution in [0.2, 0.25) is 0 Å². The first-order valence-corrected chi connectivity index (χ1v) is 8.85. The summed E-state index contributed by atoms with van der Waals surface area (Å²) in [5.41, 5.74) is 1.01. The minimum absolute atomic E-state index is 0.0676. The van der Waals surface area contributed by atoms with Crippen LogP contribution < -0.4 is 15.5 Å². The van der Waals surface area contributed by atoms with Gasteiger partial charge in [0.25, 0.3) is 5.91 Å². The number of hydrogen-bond acceptors (Lipinski definition) is 4. The Morgan fingerprint density at radius 3 is 2.62 bits per heavy atom. The molecule has 0 radical (unpaired) electrons. The second-order valence-electron chi connectivity index (χ2n) is 6.02. The maximum absolute atomic E-state index is 13.3. The number of quaternary nitrogens is 1. The summed E-state index contributed by atoms with van der Waals surface area (Å²) >= 11 is 5.22. The normalized spacial score (nSPS) is 16.0. The summed E-state index contributed by atoms with van der Waals surface area (Å²) in [5.74, 6) is -0.466. The zero-order chi connectivity index (χ0) is 18.4. The van der Waals surface area contributed by atoms with E-state index in [9.17, 15) is 9.18 Å². The second-order valence-corrected chi connectivity index (χ2v) is 6.42. The zero-order valence-corrected chi connectivity index (χ0v) is 15.0. The summed E-state index contributed by atoms with van der Waals surface area (Å²) in [6, 6.07) is 9.76. The van der Waals surface area contributed by atoms with Gasteiger partial charge in [-0.05, 0) is 36.5 Å². The highest BCUT2D eigenvalue weighted by Gasteiger charge is 2.26. The monoisotopic (exact) mass is 378 g/mol. The van der Waals surface area contributed by atoms with Crippen molar-refractivity contribution in [3.63, 3.8) is 0 Å². The van der Waals surface area contributed by atoms with Gasteiger partial charge in [-0.25, -0.2) is 4.39 Å². The van der Waals surface area contributed by atoms with Crippen LogP contribution in [0.4, 0.5) is 4.39 Å². The van der Waals surface area contributed by atoms with E-state index in [1.165, 1.54) is 23.3 Å². The largest absolute Gasteiger partial charge is 0.459 e. The Kier molecular flexibility index (Phi) is 6.32. The number of carbonyl (C=O) groups excluding carboxylic acids is 1. The van der Waals surface area contributed by atoms with Gasteiger partial charge >= 0.3 is 0 Å². The molecule has 2 aromatic rings. The van der Waals surface area contributed by atoms with Gasteiger partial charge in [0.15, 0.2) is 10.9 Å². The van der Waals surface area contributed by atoms with Crippen LogP contribution in [0.1, 0.15) is 22.2 Å². The smallest absolute Gasteiger partial charge is 0.293 e. The quantitative estimate of drug-likeness (QED) is 0.668. The lowest BCUT2D eigenvalue weighted by molar-refractivity contribution is -0.937. The van der Waals surface area contributed by atoms with E-state index in [2.05, 4.69) is 10.6 Å². The molecular formula is C18H21FN3O3S+. The van der Waals surface area contributed by atoms with Crippen molar-refractivity contribution in [2.45, 2.75) is 6.04 Å². The topological polar surface area (TPSA) is 67.9 Å². The minimum Gasteiger partial charge on any atom is -0.459 e. The number of furan rings is 1. The SMILES string of the molecule is O=C(NC(=S)NC[C@@H](c1ccc(F)cc1)[NH+]1CCOCC1)c1ccco1. The van der Waals surface area contributed by atoms with Crippen LogP contribution in [0.3, 0.4) is 0 Å². The van der Waals surface area contributed by atoms with Gasteiger partial charge in [0.2, 0.25) is 0 Å². The molecule has 0 spiro atoms. The van der Waals surface area contributed by atoms with Crippen LogP contribution in [0.15, 0.2) is 47.1 Å². The molecule has 1 amide bonds. The number of ether oxygens (including phenoxy) is 1. The van der Waals surface area contributed by atoms with Crippen LogP contribution in [-0.4, -0.2) is 43.9 Å². The number of rotatable bonds is 5. The van der Waals surface area contributed by atoms with Gasteiger partial charge in [0.05, 0.1) is 26.0 Å². The van der Waals surface area contributed by atoms with Crippen LogP contribution in [0.25, 0.3) is 0 Å². The van der Waals surface area contributed by atoms with E-state index in [0.717, 1.165) is 18.7 Å². The van der Waals surface area contributed by atoms with E-state index in [0.29, 0.717) is 19.8 Å². The predicted octanol–water partition coefficient (Wildman–Crippen LogP) is 0.679. The first kappa shape index (κ1) is 18.5. The summed E-state index contributed by atoms with van der Waals surface area (Å²) < 4.78 is 23.7. The molecule has 1 aliphatic heterocycles. The summed E-state index contributed by atoms with van der Waals surface area (Å²) in [5, 5.41) is 5.91. The van der Waals surface area contributed by atoms with E-state index in [4.69, 9.17) is 21.4 Å². The third kappa shape index (κ3) is 4.87. The van der Waals surface area contributed by atoms with Gasteiger partial charge in [0.1, 0.15) is 24.9 Å². The van der Waals surface area contributed by atoms with Crippen LogP contribution in [0.5, 0.6) is 0 Å². The van der Waals surface area contributed by atoms with Crippen molar-refractivity contribution in [3.8, 4) is 0 Å². The van der Waals surface area contributed by atoms with Crippen molar-refractivity contribution in [2.75, 3.05) is 32.8 Å². The number of nitrogens with one attached hydrogen (secondary N) is 3. The number of morpholine rings is 1. The lowest BCUT2D eigenvalue weighted by Crippen LogP contribution is -3.15. The average molecular weight is 378 g/mol. The lowest BCUT2D eigenvalue weighted by Gasteiger charge is -2.32. The highest BCUT2D eigenvalue weighted by molar-refractivity contribution is 7.80. The van der Waals surface area contributed by atoms with E-state index >= 15 is 0 Å². The van der Waals surface area contributed by atoms with E-state index in [1.807, 2.05) is 0 Å². The first-order valence-electron chi connectivity index (χ1n) is 8.44. The standard InChI is InChI=1S/C18H20FN3O3S/c19-14-5-3-13(4-6-14)15(22-7-10-24-11-8-22)12-20-18(26)21-17(23)16-2-1-9-25-16/h1-6,9,15H,7-8,10-12H2,(H2,20,21,23,26)/p+1/t15-/m0/s1. The van der Waals surface area contributed by atoms with Crippen molar-refractivity contribution in [1.82, 2.24) is 10.6 Å². The highest BCUT2D eigenvalue weighted by atomic mass is 32.1. The molecule has 1 saturated heterocycles. The number of amides is 1. The molecule has 6 nitrogen and oxygen atoms in total. The van der Waals surface area contributed by atoms with Crippen LogP contribution >= 0.6 is 12.2 Å². The number of benzene rings is 1. The highest BCUT2D eigenvalue weighted by Crippen LogP contribution is 2.11. The van der Waals surface area contributed by atoms with Gasteiger partial charge in [-0.1, -0.05) is 12.1 Å². The summed E-state index contributed by atoms with van der Waals surface area (Å²) in [6.45, 7) is 3.60. The maximum atomic E-state index is 13.3. The van der Waals surface area contributed by atoms with Crippen molar-refractivity contribution in [1.29, 1.82) is 0 Å². The number of thiocarbonyl (C=S) groups is 1. The van der Waals surface area contributed by atoms with E-state index in [-0.39, 0.29) is 22.7 Å². The molecule has 1 atom stereocenters. The molecule has 0 saturated carbocycles. The Hall–Kier alpha value is -2.29. The molecule has 138 valence electrons. The fourth-order valence-electron chi connectivity index (χ4n) is 2.99. The summed E-state index contributed by atoms with van der Waals surface area (Å²) in [4.78, 5) is 13.3. The zero-order valence-electron chi connectivity index (χ0n) is 14.2. The molecular weight excluding hydrogens is 357 g/mol. The van der Waals surface area contributed by atoms with Gasteiger partial charge < -0.3 is 19.4 Å². The third-order valence-corrected chi connectivity index (χ3v) is 4.59. The predicted molar refractivity (Wildman–Crippen MR) is 97.4 cm³/mol. The molecule has 0 bridgehead atoms. The lowest BCUT2D eigenvalue weighted by atomic mass is 10.0. The first-order chi connectivity index (χ1) is 12.6. The Morgan fingerprint density at radius 1 is 1.23 bits per heavy atom. The Balaban J connectivity index is 1.62. The van der Waals surface area contributed by atoms with Crippen LogP contribution in [-0.2, 0) is 4.74 Å². The fraction of sp³-hybridized carbons (Fsp3) is 0.333. The molecule has 3 N–H and O–H groups in total. The van der Waals surface area contributed by atoms with Crippen LogP contribution in [0, 0.1) is 5.82 Å². The van der Waals surface area contributed by atoms with E-state index < -0.39 is 5.91 Å². The van der Waals surface area contributed by atoms with Crippen molar-refractivity contribution in [2.24, 2.45) is 0 Å². The van der Waals surface area contributed by atoms with Crippen molar-refractivity contribution < 1.29 is 23.2 Å². The van der Waals surface area contributed by atoms with Crippen molar-refractivity contribution >= 4 is 23.2 Å². The molecule has 1 aromatic carbocycles. The van der Waals surface area contributed by atoms with Gasteiger partial charge in [0, 0.05) is 5.56 Å². The molecule has 0 aliphatic carbocycles. The third-order valence-electron chi connectivity index (χ3n) is 4.34. The number of halogens is 1. The average Bonchev–Trinajstić information content (AvgIpc) is 3.19. The van der Waals surface area contributed by atoms with Gasteiger partial charge in [-0.3, -0.25) is 10.1 Å². The second kappa shape index (κ2) is 8.88. The molecule has 26 heavy (non-hydrogen) atoms. The molecule has 0 unspecified atom stereocenters. The van der Waals surface area contributed by atoms with E-state index in [1.54, 1.807) is 24.3 Å². The molecule has 8 heteroatoms. The number of carbonyl (C=O) groups is 1. The van der Waals surface area contributed by atoms with Gasteiger partial charge in [-0.2, -0.15) is 0 Å². The summed E-state index contributed by atoms with van der Waals surface area (Å²) in [7, 11) is 0. The molecule has 1 aromatic heterocycles. The molecule has 1 aliphatic rings. The Labute approximate surface area is 156 Å². The molecule has 3 rings (SSSR count). The fourth-order valence-corrected chi connectivity index (χ4v) is 3.16.